The van der Waals surface area contributed by atoms with Gasteiger partial charge in [-0.2, -0.15) is 0 Å². The predicted molar refractivity (Wildman–Crippen MR) is 91.2 cm³/mol. The van der Waals surface area contributed by atoms with Crippen molar-refractivity contribution in [2.45, 2.75) is 49.6 Å². The monoisotopic (exact) mass is 381 g/mol. The number of hydrogen-bond acceptors (Lipinski definition) is 10. The van der Waals surface area contributed by atoms with Gasteiger partial charge in [-0.05, 0) is 6.42 Å². The second-order valence-electron chi connectivity index (χ2n) is 7.07. The van der Waals surface area contributed by atoms with Gasteiger partial charge < -0.3 is 35.6 Å². The van der Waals surface area contributed by atoms with Crippen LogP contribution in [0.1, 0.15) is 19.1 Å². The summed E-state index contributed by atoms with van der Waals surface area (Å²) in [5.41, 5.74) is 6.68. The van der Waals surface area contributed by atoms with Crippen LogP contribution < -0.4 is 5.73 Å². The first kappa shape index (κ1) is 18.5. The Morgan fingerprint density at radius 3 is 2.74 bits per heavy atom. The molecule has 5 unspecified atom stereocenters. The summed E-state index contributed by atoms with van der Waals surface area (Å²) in [6.45, 7) is -0.0681. The van der Waals surface area contributed by atoms with Crippen LogP contribution in [0, 0.1) is 5.92 Å². The molecule has 2 fully saturated rings. The minimum absolute atomic E-state index is 0.143. The Bertz CT molecular complexity index is 803. The Labute approximate surface area is 154 Å². The first-order valence-corrected chi connectivity index (χ1v) is 8.84. The van der Waals surface area contributed by atoms with E-state index in [1.165, 1.54) is 12.7 Å². The molecule has 1 saturated carbocycles. The zero-order valence-corrected chi connectivity index (χ0v) is 14.5. The van der Waals surface area contributed by atoms with Gasteiger partial charge in [-0.3, -0.25) is 4.57 Å². The molecule has 1 saturated heterocycles. The summed E-state index contributed by atoms with van der Waals surface area (Å²) in [6.07, 6.45) is -1.03. The lowest BCUT2D eigenvalue weighted by Gasteiger charge is -2.20. The lowest BCUT2D eigenvalue weighted by molar-refractivity contribution is -0.0992. The molecule has 11 nitrogen and oxygen atoms in total. The number of ether oxygens (including phenoxy) is 2. The molecule has 0 bridgehead atoms. The van der Waals surface area contributed by atoms with Crippen molar-refractivity contribution >= 4 is 17.0 Å². The van der Waals surface area contributed by atoms with Crippen molar-refractivity contribution in [1.82, 2.24) is 19.5 Å². The zero-order valence-electron chi connectivity index (χ0n) is 14.5. The molecule has 0 spiro atoms. The van der Waals surface area contributed by atoms with Crippen molar-refractivity contribution in [3.8, 4) is 0 Å². The molecule has 148 valence electrons. The molecule has 2 aliphatic rings. The van der Waals surface area contributed by atoms with Crippen LogP contribution in [0.2, 0.25) is 0 Å². The summed E-state index contributed by atoms with van der Waals surface area (Å²) in [6, 6.07) is 0. The molecular formula is C16H23N5O6. The molecule has 27 heavy (non-hydrogen) atoms. The lowest BCUT2D eigenvalue weighted by atomic mass is 10.1. The quantitative estimate of drug-likeness (QED) is 0.397. The number of nitrogens with two attached hydrogens (primary N) is 1. The average Bonchev–Trinajstić information content (AvgIpc) is 3.31. The maximum Gasteiger partial charge on any atom is 0.167 e. The maximum absolute atomic E-state index is 10.4. The van der Waals surface area contributed by atoms with Crippen LogP contribution >= 0.6 is 0 Å². The number of anilines is 1. The zero-order chi connectivity index (χ0) is 19.1. The molecule has 7 atom stereocenters. The fourth-order valence-corrected chi connectivity index (χ4v) is 3.80. The Balaban J connectivity index is 1.41. The summed E-state index contributed by atoms with van der Waals surface area (Å²) >= 11 is 0. The molecule has 2 aromatic heterocycles. The number of aliphatic hydroxyl groups excluding tert-OH is 4. The molecule has 11 heteroatoms. The van der Waals surface area contributed by atoms with Gasteiger partial charge in [0, 0.05) is 18.9 Å². The Kier molecular flexibility index (Phi) is 4.97. The third-order valence-electron chi connectivity index (χ3n) is 5.31. The van der Waals surface area contributed by atoms with Crippen LogP contribution in [-0.2, 0) is 9.47 Å². The van der Waals surface area contributed by atoms with Crippen LogP contribution in [0.25, 0.3) is 11.2 Å². The number of hydrogen-bond donors (Lipinski definition) is 5. The van der Waals surface area contributed by atoms with Gasteiger partial charge in [0.25, 0.3) is 0 Å². The van der Waals surface area contributed by atoms with E-state index in [1.54, 1.807) is 4.57 Å². The van der Waals surface area contributed by atoms with Gasteiger partial charge >= 0.3 is 0 Å². The normalized spacial score (nSPS) is 36.7. The van der Waals surface area contributed by atoms with E-state index in [0.717, 1.165) is 0 Å². The van der Waals surface area contributed by atoms with Gasteiger partial charge in [-0.1, -0.05) is 0 Å². The fourth-order valence-electron chi connectivity index (χ4n) is 3.80. The molecular weight excluding hydrogens is 358 g/mol. The molecule has 4 rings (SSSR count). The van der Waals surface area contributed by atoms with Crippen molar-refractivity contribution in [2.75, 3.05) is 18.9 Å². The third-order valence-corrected chi connectivity index (χ3v) is 5.31. The summed E-state index contributed by atoms with van der Waals surface area (Å²) < 4.78 is 13.2. The molecule has 3 heterocycles. The summed E-state index contributed by atoms with van der Waals surface area (Å²) in [5, 5.41) is 39.5. The second-order valence-corrected chi connectivity index (χ2v) is 7.07. The largest absolute Gasteiger partial charge is 0.396 e. The molecule has 1 aliphatic heterocycles. The first-order valence-electron chi connectivity index (χ1n) is 8.84. The fraction of sp³-hybridized carbons (Fsp3) is 0.688. The minimum Gasteiger partial charge on any atom is -0.396 e. The van der Waals surface area contributed by atoms with Gasteiger partial charge in [-0.25, -0.2) is 15.0 Å². The highest BCUT2D eigenvalue weighted by Crippen LogP contribution is 2.33. The van der Waals surface area contributed by atoms with Gasteiger partial charge in [-0.15, -0.1) is 0 Å². The van der Waals surface area contributed by atoms with E-state index in [-0.39, 0.29) is 19.0 Å². The molecule has 0 amide bonds. The van der Waals surface area contributed by atoms with Crippen LogP contribution in [0.4, 0.5) is 5.82 Å². The minimum atomic E-state index is -1.05. The molecule has 2 aromatic rings. The Morgan fingerprint density at radius 1 is 1.19 bits per heavy atom. The highest BCUT2D eigenvalue weighted by molar-refractivity contribution is 5.81. The van der Waals surface area contributed by atoms with Crippen LogP contribution in [0.3, 0.4) is 0 Å². The van der Waals surface area contributed by atoms with Crippen LogP contribution in [0.5, 0.6) is 0 Å². The van der Waals surface area contributed by atoms with E-state index in [4.69, 9.17) is 15.2 Å². The van der Waals surface area contributed by atoms with Gasteiger partial charge in [0.2, 0.25) is 0 Å². The molecule has 6 N–H and O–H groups in total. The van der Waals surface area contributed by atoms with Gasteiger partial charge in [0.05, 0.1) is 31.2 Å². The summed E-state index contributed by atoms with van der Waals surface area (Å²) in [5.74, 6) is -0.159. The maximum atomic E-state index is 10.4. The first-order chi connectivity index (χ1) is 13.0. The third kappa shape index (κ3) is 3.26. The van der Waals surface area contributed by atoms with Crippen molar-refractivity contribution < 1.29 is 29.9 Å². The average molecular weight is 381 g/mol. The van der Waals surface area contributed by atoms with E-state index >= 15 is 0 Å². The lowest BCUT2D eigenvalue weighted by Crippen LogP contribution is -2.34. The molecule has 0 aromatic carbocycles. The number of nitrogen functional groups attached to an aromatic ring is 1. The number of aromatic nitrogens is 4. The Hall–Kier alpha value is -1.89. The standard InChI is InChI=1S/C16H23N5O6/c17-14-11-15(19-5-18-14)21(6-20-11)16-9(23)2-8(27-16)4-26-10-1-7(3-22)12(24)13(10)25/h5-10,12-13,16,22-25H,1-4H2,(H2,17,18,19)/t7?,8-,9?,10?,12?,13?,16+/m0/s1. The number of rotatable bonds is 5. The second kappa shape index (κ2) is 7.26. The number of nitrogens with zero attached hydrogens (tertiary/aromatic N) is 4. The van der Waals surface area contributed by atoms with Crippen molar-refractivity contribution in [1.29, 1.82) is 0 Å². The number of aliphatic hydroxyl groups is 4. The van der Waals surface area contributed by atoms with E-state index in [1.807, 2.05) is 0 Å². The highest BCUT2D eigenvalue weighted by atomic mass is 16.6. The van der Waals surface area contributed by atoms with E-state index < -0.39 is 42.7 Å². The highest BCUT2D eigenvalue weighted by Gasteiger charge is 2.43. The smallest absolute Gasteiger partial charge is 0.167 e. The molecule has 0 radical (unpaired) electrons. The van der Waals surface area contributed by atoms with Crippen molar-refractivity contribution in [3.63, 3.8) is 0 Å². The summed E-state index contributed by atoms with van der Waals surface area (Å²) in [7, 11) is 0. The number of fused-ring (bicyclic) bond motifs is 1. The van der Waals surface area contributed by atoms with E-state index in [9.17, 15) is 20.4 Å². The molecule has 1 aliphatic carbocycles. The van der Waals surface area contributed by atoms with Crippen molar-refractivity contribution in [2.24, 2.45) is 5.92 Å². The predicted octanol–water partition coefficient (Wildman–Crippen LogP) is -1.82. The van der Waals surface area contributed by atoms with Gasteiger partial charge in [0.1, 0.15) is 24.1 Å². The van der Waals surface area contributed by atoms with E-state index in [2.05, 4.69) is 15.0 Å². The van der Waals surface area contributed by atoms with Gasteiger partial charge in [0.15, 0.2) is 17.7 Å². The van der Waals surface area contributed by atoms with E-state index in [0.29, 0.717) is 24.0 Å². The van der Waals surface area contributed by atoms with Crippen molar-refractivity contribution in [3.05, 3.63) is 12.7 Å². The summed E-state index contributed by atoms with van der Waals surface area (Å²) in [4.78, 5) is 12.2. The van der Waals surface area contributed by atoms with Crippen LogP contribution in [-0.4, -0.2) is 83.7 Å². The number of imidazole rings is 1. The van der Waals surface area contributed by atoms with Crippen LogP contribution in [0.15, 0.2) is 12.7 Å². The SMILES string of the molecule is Nc1ncnc2c1ncn2[C@@H]1O[C@H](COC2CC(CO)C(O)C2O)CC1O. The Morgan fingerprint density at radius 2 is 2.00 bits per heavy atom. The topological polar surface area (TPSA) is 169 Å².